The second-order valence-electron chi connectivity index (χ2n) is 6.80. The molecule has 1 aliphatic heterocycles. The largest absolute Gasteiger partial charge is 0.494 e. The standard InChI is InChI=1S/C22H26N2O3/c1-3-27-20-9-7-18(8-10-20)16-21(25)23-11-13-24(14-12-23)22(26)19-6-4-5-17(2)15-19/h4-10,15H,3,11-14,16H2,1-2H3. The highest BCUT2D eigenvalue weighted by atomic mass is 16.5. The Hall–Kier alpha value is -2.82. The minimum atomic E-state index is 0.0392. The average Bonchev–Trinajstić information content (AvgIpc) is 2.69. The zero-order chi connectivity index (χ0) is 19.2. The Bertz CT molecular complexity index is 793. The average molecular weight is 366 g/mol. The van der Waals surface area contributed by atoms with Gasteiger partial charge in [0.1, 0.15) is 5.75 Å². The van der Waals surface area contributed by atoms with Crippen LogP contribution in [0.2, 0.25) is 0 Å². The van der Waals surface area contributed by atoms with Crippen LogP contribution in [-0.2, 0) is 11.2 Å². The summed E-state index contributed by atoms with van der Waals surface area (Å²) in [5, 5.41) is 0. The summed E-state index contributed by atoms with van der Waals surface area (Å²) in [7, 11) is 0. The first kappa shape index (κ1) is 19.0. The Morgan fingerprint density at radius 1 is 0.963 bits per heavy atom. The predicted molar refractivity (Wildman–Crippen MR) is 105 cm³/mol. The molecule has 2 aromatic carbocycles. The van der Waals surface area contributed by atoms with E-state index in [0.717, 1.165) is 16.9 Å². The Morgan fingerprint density at radius 2 is 1.63 bits per heavy atom. The molecule has 1 aliphatic rings. The molecular formula is C22H26N2O3. The van der Waals surface area contributed by atoms with Crippen molar-refractivity contribution >= 4 is 11.8 Å². The van der Waals surface area contributed by atoms with Crippen molar-refractivity contribution in [2.24, 2.45) is 0 Å². The van der Waals surface area contributed by atoms with Crippen LogP contribution in [0, 0.1) is 6.92 Å². The van der Waals surface area contributed by atoms with Gasteiger partial charge in [-0.2, -0.15) is 0 Å². The molecule has 142 valence electrons. The van der Waals surface area contributed by atoms with E-state index in [1.807, 2.05) is 72.2 Å². The lowest BCUT2D eigenvalue weighted by Crippen LogP contribution is -2.51. The summed E-state index contributed by atoms with van der Waals surface area (Å²) < 4.78 is 5.43. The first-order valence-electron chi connectivity index (χ1n) is 9.42. The SMILES string of the molecule is CCOc1ccc(CC(=O)N2CCN(C(=O)c3cccc(C)c3)CC2)cc1. The van der Waals surface area contributed by atoms with E-state index in [1.165, 1.54) is 0 Å². The normalized spacial score (nSPS) is 14.1. The molecule has 0 N–H and O–H groups in total. The number of benzene rings is 2. The van der Waals surface area contributed by atoms with E-state index in [0.29, 0.717) is 44.8 Å². The summed E-state index contributed by atoms with van der Waals surface area (Å²) in [5.74, 6) is 0.955. The molecule has 27 heavy (non-hydrogen) atoms. The minimum Gasteiger partial charge on any atom is -0.494 e. The van der Waals surface area contributed by atoms with Gasteiger partial charge in [0, 0.05) is 31.7 Å². The second-order valence-corrected chi connectivity index (χ2v) is 6.80. The second kappa shape index (κ2) is 8.71. The van der Waals surface area contributed by atoms with Crippen molar-refractivity contribution < 1.29 is 14.3 Å². The van der Waals surface area contributed by atoms with Crippen molar-refractivity contribution in [3.63, 3.8) is 0 Å². The third-order valence-corrected chi connectivity index (χ3v) is 4.77. The Labute approximate surface area is 160 Å². The molecule has 0 unspecified atom stereocenters. The van der Waals surface area contributed by atoms with E-state index in [-0.39, 0.29) is 11.8 Å². The zero-order valence-corrected chi connectivity index (χ0v) is 16.0. The molecule has 0 radical (unpaired) electrons. The predicted octanol–water partition coefficient (Wildman–Crippen LogP) is 2.92. The number of aryl methyl sites for hydroxylation is 1. The van der Waals surface area contributed by atoms with Gasteiger partial charge in [-0.25, -0.2) is 0 Å². The van der Waals surface area contributed by atoms with E-state index in [9.17, 15) is 9.59 Å². The molecule has 1 heterocycles. The van der Waals surface area contributed by atoms with Gasteiger partial charge in [0.2, 0.25) is 5.91 Å². The van der Waals surface area contributed by atoms with Gasteiger partial charge in [0.15, 0.2) is 0 Å². The number of ether oxygens (including phenoxy) is 1. The van der Waals surface area contributed by atoms with Crippen molar-refractivity contribution in [2.45, 2.75) is 20.3 Å². The van der Waals surface area contributed by atoms with Crippen LogP contribution in [0.4, 0.5) is 0 Å². The first-order valence-corrected chi connectivity index (χ1v) is 9.42. The van der Waals surface area contributed by atoms with Gasteiger partial charge in [0.25, 0.3) is 5.91 Å². The fourth-order valence-corrected chi connectivity index (χ4v) is 3.28. The number of carbonyl (C=O) groups excluding carboxylic acids is 2. The maximum Gasteiger partial charge on any atom is 0.253 e. The topological polar surface area (TPSA) is 49.9 Å². The molecule has 0 atom stereocenters. The lowest BCUT2D eigenvalue weighted by Gasteiger charge is -2.35. The van der Waals surface area contributed by atoms with Crippen LogP contribution in [0.3, 0.4) is 0 Å². The van der Waals surface area contributed by atoms with E-state index < -0.39 is 0 Å². The third-order valence-electron chi connectivity index (χ3n) is 4.77. The number of piperazine rings is 1. The van der Waals surface area contributed by atoms with Gasteiger partial charge in [-0.15, -0.1) is 0 Å². The highest BCUT2D eigenvalue weighted by molar-refractivity contribution is 5.94. The van der Waals surface area contributed by atoms with E-state index >= 15 is 0 Å². The number of carbonyl (C=O) groups is 2. The van der Waals surface area contributed by atoms with Crippen LogP contribution in [0.5, 0.6) is 5.75 Å². The molecule has 2 aromatic rings. The summed E-state index contributed by atoms with van der Waals surface area (Å²) >= 11 is 0. The molecule has 2 amide bonds. The molecule has 0 saturated carbocycles. The summed E-state index contributed by atoms with van der Waals surface area (Å²) in [6.07, 6.45) is 0.373. The summed E-state index contributed by atoms with van der Waals surface area (Å²) in [6, 6.07) is 15.3. The van der Waals surface area contributed by atoms with Crippen LogP contribution >= 0.6 is 0 Å². The lowest BCUT2D eigenvalue weighted by atomic mass is 10.1. The first-order chi connectivity index (χ1) is 13.1. The number of hydrogen-bond donors (Lipinski definition) is 0. The van der Waals surface area contributed by atoms with Crippen LogP contribution in [0.15, 0.2) is 48.5 Å². The van der Waals surface area contributed by atoms with E-state index in [2.05, 4.69) is 0 Å². The lowest BCUT2D eigenvalue weighted by molar-refractivity contribution is -0.131. The molecule has 5 heteroatoms. The molecule has 0 aliphatic carbocycles. The van der Waals surface area contributed by atoms with Gasteiger partial charge in [-0.05, 0) is 43.7 Å². The molecule has 0 bridgehead atoms. The number of nitrogens with zero attached hydrogens (tertiary/aromatic N) is 2. The monoisotopic (exact) mass is 366 g/mol. The molecule has 5 nitrogen and oxygen atoms in total. The van der Waals surface area contributed by atoms with Gasteiger partial charge >= 0.3 is 0 Å². The Balaban J connectivity index is 1.52. The van der Waals surface area contributed by atoms with Crippen molar-refractivity contribution in [1.82, 2.24) is 9.80 Å². The van der Waals surface area contributed by atoms with Gasteiger partial charge in [0.05, 0.1) is 13.0 Å². The Kier molecular flexibility index (Phi) is 6.12. The number of hydrogen-bond acceptors (Lipinski definition) is 3. The molecular weight excluding hydrogens is 340 g/mol. The summed E-state index contributed by atoms with van der Waals surface area (Å²) in [4.78, 5) is 28.8. The smallest absolute Gasteiger partial charge is 0.253 e. The maximum atomic E-state index is 12.6. The maximum absolute atomic E-state index is 12.6. The van der Waals surface area contributed by atoms with Crippen LogP contribution in [0.1, 0.15) is 28.4 Å². The highest BCUT2D eigenvalue weighted by Gasteiger charge is 2.24. The highest BCUT2D eigenvalue weighted by Crippen LogP contribution is 2.15. The number of amides is 2. The molecule has 3 rings (SSSR count). The summed E-state index contributed by atoms with van der Waals surface area (Å²) in [5.41, 5.74) is 2.76. The van der Waals surface area contributed by atoms with E-state index in [4.69, 9.17) is 4.74 Å². The zero-order valence-electron chi connectivity index (χ0n) is 16.0. The molecule has 0 spiro atoms. The quantitative estimate of drug-likeness (QED) is 0.818. The fourth-order valence-electron chi connectivity index (χ4n) is 3.28. The summed E-state index contributed by atoms with van der Waals surface area (Å²) in [6.45, 7) is 6.85. The number of rotatable bonds is 5. The van der Waals surface area contributed by atoms with Crippen LogP contribution < -0.4 is 4.74 Å². The third kappa shape index (κ3) is 4.88. The molecule has 1 saturated heterocycles. The van der Waals surface area contributed by atoms with Gasteiger partial charge < -0.3 is 14.5 Å². The Morgan fingerprint density at radius 3 is 2.26 bits per heavy atom. The van der Waals surface area contributed by atoms with Crippen molar-refractivity contribution in [2.75, 3.05) is 32.8 Å². The van der Waals surface area contributed by atoms with Gasteiger partial charge in [-0.1, -0.05) is 29.8 Å². The van der Waals surface area contributed by atoms with E-state index in [1.54, 1.807) is 0 Å². The van der Waals surface area contributed by atoms with Crippen molar-refractivity contribution in [3.05, 3.63) is 65.2 Å². The van der Waals surface area contributed by atoms with Crippen molar-refractivity contribution in [3.8, 4) is 5.75 Å². The van der Waals surface area contributed by atoms with Crippen LogP contribution in [0.25, 0.3) is 0 Å². The van der Waals surface area contributed by atoms with Gasteiger partial charge in [-0.3, -0.25) is 9.59 Å². The molecule has 0 aromatic heterocycles. The van der Waals surface area contributed by atoms with Crippen LogP contribution in [-0.4, -0.2) is 54.4 Å². The fraction of sp³-hybridized carbons (Fsp3) is 0.364. The van der Waals surface area contributed by atoms with Crippen molar-refractivity contribution in [1.29, 1.82) is 0 Å². The minimum absolute atomic E-state index is 0.0392. The molecule has 1 fully saturated rings.